The molecule has 5 nitrogen and oxygen atoms in total. The van der Waals surface area contributed by atoms with E-state index in [1.165, 1.54) is 11.1 Å². The number of rotatable bonds is 10. The van der Waals surface area contributed by atoms with Gasteiger partial charge in [-0.15, -0.1) is 0 Å². The Labute approximate surface area is 169 Å². The van der Waals surface area contributed by atoms with E-state index in [1.807, 2.05) is 25.3 Å². The minimum atomic E-state index is -0.922. The van der Waals surface area contributed by atoms with E-state index in [-0.39, 0.29) is 0 Å². The maximum atomic E-state index is 10.5. The monoisotopic (exact) mass is 382 g/mol. The minimum absolute atomic E-state index is 0.669. The van der Waals surface area contributed by atoms with E-state index in [1.54, 1.807) is 20.0 Å². The zero-order valence-corrected chi connectivity index (χ0v) is 17.9. The molecule has 0 amide bonds. The average molecular weight is 383 g/mol. The lowest BCUT2D eigenvalue weighted by molar-refractivity contribution is 0.0758. The first-order chi connectivity index (χ1) is 13.2. The fourth-order valence-electron chi connectivity index (χ4n) is 3.27. The second kappa shape index (κ2) is 9.80. The minimum Gasteiger partial charge on any atom is -0.389 e. The van der Waals surface area contributed by atoms with Gasteiger partial charge in [0.1, 0.15) is 0 Å². The lowest BCUT2D eigenvalue weighted by Gasteiger charge is -2.26. The number of aromatic nitrogens is 2. The highest BCUT2D eigenvalue weighted by atomic mass is 16.3. The molecule has 0 fully saturated rings. The first-order valence-corrected chi connectivity index (χ1v) is 9.87. The summed E-state index contributed by atoms with van der Waals surface area (Å²) in [5.41, 5.74) is 5.30. The summed E-state index contributed by atoms with van der Waals surface area (Å²) < 4.78 is 0. The Morgan fingerprint density at radius 1 is 1.21 bits per heavy atom. The van der Waals surface area contributed by atoms with Crippen LogP contribution in [0.5, 0.6) is 0 Å². The number of hydrogen-bond acceptors (Lipinski definition) is 5. The Bertz CT molecular complexity index is 795. The van der Waals surface area contributed by atoms with Crippen molar-refractivity contribution in [1.82, 2.24) is 20.2 Å². The molecule has 2 rings (SSSR count). The molecule has 28 heavy (non-hydrogen) atoms. The van der Waals surface area contributed by atoms with Crippen LogP contribution in [0.25, 0.3) is 0 Å². The highest BCUT2D eigenvalue weighted by Gasteiger charge is 2.22. The van der Waals surface area contributed by atoms with Crippen molar-refractivity contribution < 1.29 is 5.11 Å². The highest BCUT2D eigenvalue weighted by molar-refractivity contribution is 5.26. The maximum Gasteiger partial charge on any atom is 0.0858 e. The predicted octanol–water partition coefficient (Wildman–Crippen LogP) is 3.84. The van der Waals surface area contributed by atoms with E-state index >= 15 is 0 Å². The van der Waals surface area contributed by atoms with Crippen LogP contribution in [0.3, 0.4) is 0 Å². The van der Waals surface area contributed by atoms with Gasteiger partial charge in [0.15, 0.2) is 0 Å². The van der Waals surface area contributed by atoms with E-state index in [4.69, 9.17) is 0 Å². The number of aliphatic hydroxyl groups is 1. The van der Waals surface area contributed by atoms with Gasteiger partial charge >= 0.3 is 0 Å². The van der Waals surface area contributed by atoms with E-state index in [0.717, 1.165) is 48.7 Å². The normalized spacial score (nSPS) is 11.7. The molecule has 0 spiro atoms. The van der Waals surface area contributed by atoms with Gasteiger partial charge in [0, 0.05) is 49.8 Å². The molecular weight excluding hydrogens is 348 g/mol. The summed E-state index contributed by atoms with van der Waals surface area (Å²) in [6.45, 7) is 16.9. The van der Waals surface area contributed by atoms with Crippen LogP contribution in [0, 0.1) is 13.8 Å². The van der Waals surface area contributed by atoms with Crippen molar-refractivity contribution in [2.24, 2.45) is 0 Å². The molecule has 2 aromatic rings. The summed E-state index contributed by atoms with van der Waals surface area (Å²) in [5.74, 6) is 0. The molecule has 0 saturated heterocycles. The molecule has 0 unspecified atom stereocenters. The van der Waals surface area contributed by atoms with Gasteiger partial charge in [-0.3, -0.25) is 14.9 Å². The molecule has 0 aromatic carbocycles. The summed E-state index contributed by atoms with van der Waals surface area (Å²) in [4.78, 5) is 11.6. The van der Waals surface area contributed by atoms with E-state index in [9.17, 15) is 5.11 Å². The number of nitrogens with one attached hydrogen (secondary N) is 1. The molecule has 2 N–H and O–H groups in total. The second-order valence-corrected chi connectivity index (χ2v) is 8.10. The fourth-order valence-corrected chi connectivity index (χ4v) is 3.27. The van der Waals surface area contributed by atoms with Crippen molar-refractivity contribution in [2.45, 2.75) is 59.7 Å². The maximum absolute atomic E-state index is 10.5. The summed E-state index contributed by atoms with van der Waals surface area (Å²) in [6.07, 6.45) is 4.70. The Hall–Kier alpha value is -2.24. The number of hydrogen-bond donors (Lipinski definition) is 2. The quantitative estimate of drug-likeness (QED) is 0.612. The molecule has 0 radical (unpaired) electrons. The molecule has 2 heterocycles. The van der Waals surface area contributed by atoms with Gasteiger partial charge in [0.2, 0.25) is 0 Å². The molecule has 0 aliphatic carbocycles. The van der Waals surface area contributed by atoms with Crippen LogP contribution in [0.2, 0.25) is 0 Å². The van der Waals surface area contributed by atoms with Gasteiger partial charge in [-0.05, 0) is 58.2 Å². The van der Waals surface area contributed by atoms with Gasteiger partial charge in [0.25, 0.3) is 0 Å². The second-order valence-electron chi connectivity index (χ2n) is 8.10. The van der Waals surface area contributed by atoms with Gasteiger partial charge in [-0.2, -0.15) is 0 Å². The van der Waals surface area contributed by atoms with Crippen molar-refractivity contribution >= 4 is 0 Å². The predicted molar refractivity (Wildman–Crippen MR) is 115 cm³/mol. The SMILES string of the molecule is C=C(C)NCCCN(Cc1ncc(C)cc1C)Cc1ncccc1C(C)(C)O. The first-order valence-electron chi connectivity index (χ1n) is 9.87. The fraction of sp³-hybridized carbons (Fsp3) is 0.478. The first kappa shape index (κ1) is 22.1. The largest absolute Gasteiger partial charge is 0.389 e. The number of allylic oxidation sites excluding steroid dienone is 1. The molecule has 0 aliphatic rings. The molecular formula is C23H34N4O. The van der Waals surface area contributed by atoms with Crippen molar-refractivity contribution in [3.63, 3.8) is 0 Å². The Morgan fingerprint density at radius 2 is 1.93 bits per heavy atom. The van der Waals surface area contributed by atoms with Gasteiger partial charge in [0.05, 0.1) is 17.0 Å². The Balaban J connectivity index is 2.19. The lowest BCUT2D eigenvalue weighted by Crippen LogP contribution is -2.29. The van der Waals surface area contributed by atoms with E-state index < -0.39 is 5.60 Å². The third-order valence-corrected chi connectivity index (χ3v) is 4.70. The molecule has 0 atom stereocenters. The summed E-state index contributed by atoms with van der Waals surface area (Å²) in [7, 11) is 0. The number of aryl methyl sites for hydroxylation is 2. The summed E-state index contributed by atoms with van der Waals surface area (Å²) >= 11 is 0. The van der Waals surface area contributed by atoms with Crippen molar-refractivity contribution in [1.29, 1.82) is 0 Å². The van der Waals surface area contributed by atoms with Crippen LogP contribution in [-0.4, -0.2) is 33.1 Å². The molecule has 2 aromatic heterocycles. The molecule has 152 valence electrons. The number of pyridine rings is 2. The van der Waals surface area contributed by atoms with Crippen LogP contribution < -0.4 is 5.32 Å². The van der Waals surface area contributed by atoms with Crippen LogP contribution in [0.15, 0.2) is 42.9 Å². The van der Waals surface area contributed by atoms with Crippen LogP contribution >= 0.6 is 0 Å². The van der Waals surface area contributed by atoms with Crippen LogP contribution in [0.4, 0.5) is 0 Å². The summed E-state index contributed by atoms with van der Waals surface area (Å²) in [6, 6.07) is 6.01. The Morgan fingerprint density at radius 3 is 2.57 bits per heavy atom. The van der Waals surface area contributed by atoms with Crippen LogP contribution in [-0.2, 0) is 18.7 Å². The highest BCUT2D eigenvalue weighted by Crippen LogP contribution is 2.24. The molecule has 5 heteroatoms. The molecule has 0 aliphatic heterocycles. The van der Waals surface area contributed by atoms with Gasteiger partial charge in [-0.25, -0.2) is 0 Å². The smallest absolute Gasteiger partial charge is 0.0858 e. The zero-order valence-electron chi connectivity index (χ0n) is 17.9. The standard InChI is InChI=1S/C23H34N4O/c1-17(2)24-11-8-12-27(15-21-19(4)13-18(3)14-26-21)16-22-20(23(5,6)28)9-7-10-25-22/h7,9-10,13-14,24,28H,1,8,11-12,15-16H2,2-6H3. The van der Waals surface area contributed by atoms with Crippen molar-refractivity contribution in [3.8, 4) is 0 Å². The third-order valence-electron chi connectivity index (χ3n) is 4.70. The van der Waals surface area contributed by atoms with Gasteiger partial charge in [-0.1, -0.05) is 18.7 Å². The Kier molecular flexibility index (Phi) is 7.72. The molecule has 0 bridgehead atoms. The number of nitrogens with zero attached hydrogens (tertiary/aromatic N) is 3. The van der Waals surface area contributed by atoms with Crippen LogP contribution in [0.1, 0.15) is 55.3 Å². The van der Waals surface area contributed by atoms with E-state index in [0.29, 0.717) is 6.54 Å². The summed E-state index contributed by atoms with van der Waals surface area (Å²) in [5, 5.41) is 13.8. The lowest BCUT2D eigenvalue weighted by atomic mass is 9.96. The average Bonchev–Trinajstić information content (AvgIpc) is 2.60. The van der Waals surface area contributed by atoms with Crippen molar-refractivity contribution in [3.05, 3.63) is 70.9 Å². The third kappa shape index (κ3) is 6.73. The van der Waals surface area contributed by atoms with Gasteiger partial charge < -0.3 is 10.4 Å². The van der Waals surface area contributed by atoms with E-state index in [2.05, 4.69) is 46.7 Å². The molecule has 0 saturated carbocycles. The van der Waals surface area contributed by atoms with Crippen molar-refractivity contribution in [2.75, 3.05) is 13.1 Å². The zero-order chi connectivity index (χ0) is 20.7. The topological polar surface area (TPSA) is 61.3 Å².